The summed E-state index contributed by atoms with van der Waals surface area (Å²) >= 11 is 0. The monoisotopic (exact) mass is 547 g/mol. The van der Waals surface area contributed by atoms with Crippen LogP contribution in [0.4, 0.5) is 28.0 Å². The Morgan fingerprint density at radius 2 is 1.97 bits per heavy atom. The molecule has 2 aromatic carbocycles. The first kappa shape index (κ1) is 26.4. The predicted octanol–water partition coefficient (Wildman–Crippen LogP) is 3.30. The molecule has 2 heterocycles. The number of hydrogen-bond acceptors (Lipinski definition) is 7. The minimum Gasteiger partial charge on any atom is -0.427 e. The van der Waals surface area contributed by atoms with E-state index in [9.17, 15) is 31.9 Å². The maximum atomic E-state index is 13.6. The average Bonchev–Trinajstić information content (AvgIpc) is 3.59. The lowest BCUT2D eigenvalue weighted by molar-refractivity contribution is -0.187. The number of rotatable bonds is 6. The fraction of sp³-hybridized carbons (Fsp3) is 0.385. The van der Waals surface area contributed by atoms with Gasteiger partial charge in [-0.2, -0.15) is 13.2 Å². The molecule has 5 rings (SSSR count). The molecule has 0 bridgehead atoms. The zero-order chi connectivity index (χ0) is 27.9. The molecule has 0 radical (unpaired) electrons. The smallest absolute Gasteiger partial charge is 0.418 e. The van der Waals surface area contributed by atoms with Gasteiger partial charge < -0.3 is 20.3 Å². The molecule has 2 N–H and O–H groups in total. The van der Waals surface area contributed by atoms with Gasteiger partial charge in [-0.25, -0.2) is 14.1 Å². The van der Waals surface area contributed by atoms with Crippen molar-refractivity contribution in [2.24, 2.45) is 4.99 Å². The first-order valence-electron chi connectivity index (χ1n) is 12.3. The van der Waals surface area contributed by atoms with Gasteiger partial charge in [-0.05, 0) is 48.7 Å². The summed E-state index contributed by atoms with van der Waals surface area (Å²) in [6.45, 7) is 0.748. The van der Waals surface area contributed by atoms with Crippen molar-refractivity contribution in [1.82, 2.24) is 15.1 Å². The molecule has 206 valence electrons. The maximum Gasteiger partial charge on any atom is 0.418 e. The van der Waals surface area contributed by atoms with E-state index in [4.69, 9.17) is 4.74 Å². The summed E-state index contributed by atoms with van der Waals surface area (Å²) in [5.74, 6) is -1.87. The van der Waals surface area contributed by atoms with Crippen LogP contribution in [0.3, 0.4) is 0 Å². The number of ether oxygens (including phenoxy) is 1. The minimum absolute atomic E-state index is 0.137. The molecule has 3 aliphatic rings. The molecule has 0 saturated carbocycles. The second kappa shape index (κ2) is 9.86. The number of carbonyl (C=O) groups excluding carboxylic acids is 3. The quantitative estimate of drug-likeness (QED) is 0.539. The molecule has 2 aliphatic heterocycles. The molecule has 0 aromatic heterocycles. The van der Waals surface area contributed by atoms with E-state index in [0.717, 1.165) is 36.9 Å². The second-order valence-electron chi connectivity index (χ2n) is 9.61. The number of hydrogen-bond donors (Lipinski definition) is 2. The van der Waals surface area contributed by atoms with E-state index >= 15 is 0 Å². The highest BCUT2D eigenvalue weighted by Crippen LogP contribution is 2.46. The van der Waals surface area contributed by atoms with E-state index < -0.39 is 54.6 Å². The fourth-order valence-electron chi connectivity index (χ4n) is 4.98. The normalized spacial score (nSPS) is 20.9. The van der Waals surface area contributed by atoms with Gasteiger partial charge in [0.25, 0.3) is 5.91 Å². The fourth-order valence-corrected chi connectivity index (χ4v) is 4.98. The number of nitrogens with one attached hydrogen (secondary N) is 2. The zero-order valence-electron chi connectivity index (χ0n) is 20.8. The molecule has 13 heteroatoms. The van der Waals surface area contributed by atoms with Gasteiger partial charge in [-0.1, -0.05) is 18.2 Å². The van der Waals surface area contributed by atoms with Crippen LogP contribution in [-0.2, 0) is 32.9 Å². The summed E-state index contributed by atoms with van der Waals surface area (Å²) in [6.07, 6.45) is -5.33. The van der Waals surface area contributed by atoms with Crippen molar-refractivity contribution in [3.63, 3.8) is 0 Å². The van der Waals surface area contributed by atoms with E-state index in [1.807, 2.05) is 6.07 Å². The number of aryl methyl sites for hydroxylation is 1. The number of alkyl halides is 3. The summed E-state index contributed by atoms with van der Waals surface area (Å²) in [6, 6.07) is 7.61. The van der Waals surface area contributed by atoms with Gasteiger partial charge in [0.15, 0.2) is 5.96 Å². The molecule has 1 saturated heterocycles. The van der Waals surface area contributed by atoms with Gasteiger partial charge in [-0.3, -0.25) is 14.6 Å². The number of benzene rings is 2. The SMILES string of the molecule is C[C@H](N(Cc1ccc(F)cc1)C(=O)CN1C(=O)O[C@@]2(CCc3cc(NC4=NCCN4)ccc32)C1=O)C(F)(F)F. The largest absolute Gasteiger partial charge is 0.427 e. The Balaban J connectivity index is 1.35. The van der Waals surface area contributed by atoms with E-state index in [1.165, 1.54) is 12.1 Å². The molecule has 2 atom stereocenters. The number of imide groups is 1. The van der Waals surface area contributed by atoms with Crippen molar-refractivity contribution in [2.75, 3.05) is 25.0 Å². The third-order valence-electron chi connectivity index (χ3n) is 7.12. The number of guanidine groups is 1. The number of nitrogens with zero attached hydrogens (tertiary/aromatic N) is 3. The van der Waals surface area contributed by atoms with Gasteiger partial charge in [0.05, 0.1) is 6.54 Å². The Kier molecular flexibility index (Phi) is 6.69. The van der Waals surface area contributed by atoms with Gasteiger partial charge in [0.2, 0.25) is 11.5 Å². The molecule has 1 fully saturated rings. The van der Waals surface area contributed by atoms with Gasteiger partial charge in [0, 0.05) is 30.8 Å². The molecule has 39 heavy (non-hydrogen) atoms. The summed E-state index contributed by atoms with van der Waals surface area (Å²) in [7, 11) is 0. The van der Waals surface area contributed by atoms with Crippen LogP contribution in [0.5, 0.6) is 0 Å². The van der Waals surface area contributed by atoms with E-state index in [2.05, 4.69) is 15.6 Å². The molecule has 0 unspecified atom stereocenters. The number of fused-ring (bicyclic) bond motifs is 2. The third kappa shape index (κ3) is 5.00. The van der Waals surface area contributed by atoms with Crippen molar-refractivity contribution < 1.29 is 36.7 Å². The highest BCUT2D eigenvalue weighted by Gasteiger charge is 2.58. The topological polar surface area (TPSA) is 103 Å². The van der Waals surface area contributed by atoms with Crippen molar-refractivity contribution in [2.45, 2.75) is 44.1 Å². The third-order valence-corrected chi connectivity index (χ3v) is 7.12. The first-order valence-corrected chi connectivity index (χ1v) is 12.3. The van der Waals surface area contributed by atoms with Gasteiger partial charge >= 0.3 is 12.3 Å². The summed E-state index contributed by atoms with van der Waals surface area (Å²) < 4.78 is 59.7. The number of halogens is 4. The Hall–Kier alpha value is -4.16. The van der Waals surface area contributed by atoms with Crippen molar-refractivity contribution >= 4 is 29.6 Å². The molecular formula is C26H25F4N5O4. The van der Waals surface area contributed by atoms with E-state index in [0.29, 0.717) is 34.3 Å². The molecule has 1 spiro atoms. The van der Waals surface area contributed by atoms with Crippen LogP contribution in [-0.4, -0.2) is 65.5 Å². The van der Waals surface area contributed by atoms with Gasteiger partial charge in [-0.15, -0.1) is 0 Å². The Bertz CT molecular complexity index is 1350. The Morgan fingerprint density at radius 1 is 1.23 bits per heavy atom. The predicted molar refractivity (Wildman–Crippen MR) is 131 cm³/mol. The van der Waals surface area contributed by atoms with Crippen LogP contribution < -0.4 is 10.6 Å². The number of carbonyl (C=O) groups is 3. The summed E-state index contributed by atoms with van der Waals surface area (Å²) in [5, 5.41) is 6.22. The van der Waals surface area contributed by atoms with Crippen LogP contribution in [0.1, 0.15) is 30.0 Å². The highest BCUT2D eigenvalue weighted by atomic mass is 19.4. The Labute approximate surface area is 220 Å². The lowest BCUT2D eigenvalue weighted by atomic mass is 9.94. The minimum atomic E-state index is -4.78. The molecule has 2 aromatic rings. The highest BCUT2D eigenvalue weighted by molar-refractivity contribution is 6.06. The summed E-state index contributed by atoms with van der Waals surface area (Å²) in [5.41, 5.74) is 0.554. The van der Waals surface area contributed by atoms with Crippen LogP contribution in [0.2, 0.25) is 0 Å². The molecule has 3 amide bonds. The number of aliphatic imine (C=N–C) groups is 1. The van der Waals surface area contributed by atoms with Crippen LogP contribution >= 0.6 is 0 Å². The Morgan fingerprint density at radius 3 is 2.64 bits per heavy atom. The van der Waals surface area contributed by atoms with Crippen molar-refractivity contribution in [3.05, 3.63) is 65.0 Å². The van der Waals surface area contributed by atoms with Crippen molar-refractivity contribution in [3.8, 4) is 0 Å². The number of anilines is 1. The maximum absolute atomic E-state index is 13.6. The van der Waals surface area contributed by atoms with E-state index in [1.54, 1.807) is 12.1 Å². The second-order valence-corrected chi connectivity index (χ2v) is 9.61. The first-order chi connectivity index (χ1) is 18.5. The van der Waals surface area contributed by atoms with Crippen LogP contribution in [0.15, 0.2) is 47.5 Å². The molecule has 1 aliphatic carbocycles. The number of amides is 3. The lowest BCUT2D eigenvalue weighted by Crippen LogP contribution is -2.51. The van der Waals surface area contributed by atoms with Gasteiger partial charge in [0.1, 0.15) is 18.4 Å². The summed E-state index contributed by atoms with van der Waals surface area (Å²) in [4.78, 5) is 44.7. The molecular weight excluding hydrogens is 522 g/mol. The zero-order valence-corrected chi connectivity index (χ0v) is 20.8. The van der Waals surface area contributed by atoms with Crippen LogP contribution in [0, 0.1) is 5.82 Å². The van der Waals surface area contributed by atoms with Crippen molar-refractivity contribution in [1.29, 1.82) is 0 Å². The van der Waals surface area contributed by atoms with Crippen LogP contribution in [0.25, 0.3) is 0 Å². The molecule has 9 nitrogen and oxygen atoms in total. The average molecular weight is 548 g/mol. The van der Waals surface area contributed by atoms with E-state index in [-0.39, 0.29) is 12.0 Å². The standard InChI is InChI=1S/C26H25F4N5O4/c1-15(26(28,29)30)34(13-16-2-4-18(27)5-3-16)21(36)14-35-22(37)25(39-24(35)38)9-8-17-12-19(6-7-20(17)25)33-23-31-10-11-32-23/h2-7,12,15H,8-11,13-14H2,1H3,(H2,31,32,33)/t15-,25+/m0/s1. The lowest BCUT2D eigenvalue weighted by Gasteiger charge is -2.31.